The van der Waals surface area contributed by atoms with Gasteiger partial charge in [0.1, 0.15) is 0 Å². The second kappa shape index (κ2) is 4.05. The number of halogens is 2. The lowest BCUT2D eigenvalue weighted by Crippen LogP contribution is -2.39. The van der Waals surface area contributed by atoms with Gasteiger partial charge in [0.05, 0.1) is 0 Å². The van der Waals surface area contributed by atoms with Crippen LogP contribution in [-0.4, -0.2) is 6.54 Å². The fraction of sp³-hybridized carbons (Fsp3) is 0.571. The van der Waals surface area contributed by atoms with Gasteiger partial charge in [-0.3, -0.25) is 0 Å². The van der Waals surface area contributed by atoms with Gasteiger partial charge in [-0.2, -0.15) is 0 Å². The Bertz CT molecular complexity index is 435. The van der Waals surface area contributed by atoms with Gasteiger partial charge in [0, 0.05) is 12.6 Å². The normalized spacial score (nSPS) is 24.6. The van der Waals surface area contributed by atoms with Gasteiger partial charge in [-0.05, 0) is 28.5 Å². The van der Waals surface area contributed by atoms with Crippen molar-refractivity contribution in [1.82, 2.24) is 5.32 Å². The van der Waals surface area contributed by atoms with Crippen molar-refractivity contribution < 1.29 is 8.78 Å². The zero-order chi connectivity index (χ0) is 12.8. The minimum absolute atomic E-state index is 0.0132. The first-order valence-corrected chi connectivity index (χ1v) is 6.03. The third-order valence-electron chi connectivity index (χ3n) is 3.46. The van der Waals surface area contributed by atoms with E-state index in [4.69, 9.17) is 0 Å². The molecule has 1 nitrogen and oxygen atoms in total. The molecule has 0 saturated heterocycles. The fourth-order valence-corrected chi connectivity index (χ4v) is 2.61. The van der Waals surface area contributed by atoms with Crippen LogP contribution < -0.4 is 5.32 Å². The smallest absolute Gasteiger partial charge is 0.162 e. The number of benzene rings is 1. The van der Waals surface area contributed by atoms with E-state index < -0.39 is 11.6 Å². The Hall–Kier alpha value is -0.960. The van der Waals surface area contributed by atoms with Crippen LogP contribution in [0.15, 0.2) is 12.1 Å². The molecule has 94 valence electrons. The minimum atomic E-state index is -0.745. The lowest BCUT2D eigenvalue weighted by molar-refractivity contribution is 0.252. The Labute approximate surface area is 101 Å². The maximum absolute atomic E-state index is 13.9. The molecule has 1 heterocycles. The summed E-state index contributed by atoms with van der Waals surface area (Å²) in [5.74, 6) is -1.41. The SMILES string of the molecule is CC1CNC(C(C)(C)C)c2ccc(F)c(F)c21. The fourth-order valence-electron chi connectivity index (χ4n) is 2.61. The van der Waals surface area contributed by atoms with Gasteiger partial charge in [0.2, 0.25) is 0 Å². The van der Waals surface area contributed by atoms with E-state index in [-0.39, 0.29) is 17.4 Å². The number of nitrogens with one attached hydrogen (secondary N) is 1. The Balaban J connectivity index is 2.58. The van der Waals surface area contributed by atoms with Crippen LogP contribution in [0.4, 0.5) is 8.78 Å². The van der Waals surface area contributed by atoms with Crippen LogP contribution in [0.5, 0.6) is 0 Å². The Morgan fingerprint density at radius 3 is 2.47 bits per heavy atom. The Kier molecular flexibility index (Phi) is 2.98. The van der Waals surface area contributed by atoms with E-state index in [2.05, 4.69) is 26.1 Å². The van der Waals surface area contributed by atoms with E-state index in [9.17, 15) is 8.78 Å². The minimum Gasteiger partial charge on any atom is -0.309 e. The predicted octanol–water partition coefficient (Wildman–Crippen LogP) is 3.76. The number of rotatable bonds is 0. The summed E-state index contributed by atoms with van der Waals surface area (Å²) in [5.41, 5.74) is 1.43. The van der Waals surface area contributed by atoms with Crippen LogP contribution in [0, 0.1) is 17.0 Å². The summed E-state index contributed by atoms with van der Waals surface area (Å²) in [6.07, 6.45) is 0. The van der Waals surface area contributed by atoms with E-state index in [0.29, 0.717) is 12.1 Å². The lowest BCUT2D eigenvalue weighted by atomic mass is 9.76. The molecule has 0 bridgehead atoms. The molecule has 1 aliphatic rings. The zero-order valence-electron chi connectivity index (χ0n) is 10.8. The molecule has 3 heteroatoms. The van der Waals surface area contributed by atoms with Crippen molar-refractivity contribution in [2.45, 2.75) is 39.7 Å². The van der Waals surface area contributed by atoms with Gasteiger partial charge < -0.3 is 5.32 Å². The van der Waals surface area contributed by atoms with Crippen LogP contribution >= 0.6 is 0 Å². The van der Waals surface area contributed by atoms with Crippen molar-refractivity contribution in [3.05, 3.63) is 34.9 Å². The van der Waals surface area contributed by atoms with Crippen LogP contribution in [0.3, 0.4) is 0 Å². The van der Waals surface area contributed by atoms with E-state index in [0.717, 1.165) is 5.56 Å². The van der Waals surface area contributed by atoms with E-state index in [1.54, 1.807) is 6.07 Å². The second-order valence-corrected chi connectivity index (χ2v) is 5.97. The third-order valence-corrected chi connectivity index (χ3v) is 3.46. The Morgan fingerprint density at radius 1 is 1.24 bits per heavy atom. The molecule has 0 saturated carbocycles. The van der Waals surface area contributed by atoms with Gasteiger partial charge in [0.25, 0.3) is 0 Å². The monoisotopic (exact) mass is 239 g/mol. The maximum atomic E-state index is 13.9. The van der Waals surface area contributed by atoms with E-state index in [1.807, 2.05) is 6.92 Å². The summed E-state index contributed by atoms with van der Waals surface area (Å²) in [5, 5.41) is 3.42. The second-order valence-electron chi connectivity index (χ2n) is 5.97. The molecule has 0 spiro atoms. The lowest BCUT2D eigenvalue weighted by Gasteiger charge is -2.39. The van der Waals surface area contributed by atoms with Crippen molar-refractivity contribution in [2.24, 2.45) is 5.41 Å². The molecule has 0 aromatic heterocycles. The van der Waals surface area contributed by atoms with Crippen molar-refractivity contribution in [2.75, 3.05) is 6.54 Å². The summed E-state index contributed by atoms with van der Waals surface area (Å²) in [7, 11) is 0. The predicted molar refractivity (Wildman–Crippen MR) is 65.0 cm³/mol. The molecule has 2 atom stereocenters. The summed E-state index contributed by atoms with van der Waals surface area (Å²) >= 11 is 0. The third kappa shape index (κ3) is 2.08. The molecule has 1 aliphatic heterocycles. The van der Waals surface area contributed by atoms with Gasteiger partial charge in [-0.15, -0.1) is 0 Å². The van der Waals surface area contributed by atoms with Crippen LogP contribution in [0.2, 0.25) is 0 Å². The first-order chi connectivity index (χ1) is 7.82. The molecule has 1 aromatic carbocycles. The van der Waals surface area contributed by atoms with Crippen LogP contribution in [0.1, 0.15) is 50.8 Å². The molecule has 0 fully saturated rings. The first kappa shape index (κ1) is 12.5. The largest absolute Gasteiger partial charge is 0.309 e. The topological polar surface area (TPSA) is 12.0 Å². The van der Waals surface area contributed by atoms with Crippen molar-refractivity contribution in [3.8, 4) is 0 Å². The number of hydrogen-bond acceptors (Lipinski definition) is 1. The molecular formula is C14H19F2N. The molecule has 0 radical (unpaired) electrons. The quantitative estimate of drug-likeness (QED) is 0.727. The van der Waals surface area contributed by atoms with Gasteiger partial charge in [-0.25, -0.2) is 8.78 Å². The van der Waals surface area contributed by atoms with Gasteiger partial charge in [0.15, 0.2) is 11.6 Å². The molecule has 2 rings (SSSR count). The summed E-state index contributed by atoms with van der Waals surface area (Å²) in [4.78, 5) is 0. The molecule has 0 aliphatic carbocycles. The zero-order valence-corrected chi connectivity index (χ0v) is 10.8. The molecule has 1 N–H and O–H groups in total. The maximum Gasteiger partial charge on any atom is 0.162 e. The van der Waals surface area contributed by atoms with E-state index >= 15 is 0 Å². The number of hydrogen-bond donors (Lipinski definition) is 1. The first-order valence-electron chi connectivity index (χ1n) is 6.03. The Morgan fingerprint density at radius 2 is 1.88 bits per heavy atom. The molecular weight excluding hydrogens is 220 g/mol. The standard InChI is InChI=1S/C14H19F2N/c1-8-7-17-13(14(2,3)4)9-5-6-10(15)12(16)11(8)9/h5-6,8,13,17H,7H2,1-4H3. The summed E-state index contributed by atoms with van der Waals surface area (Å²) in [6.45, 7) is 8.92. The molecule has 1 aromatic rings. The highest BCUT2D eigenvalue weighted by Gasteiger charge is 2.34. The van der Waals surface area contributed by atoms with Crippen LogP contribution in [-0.2, 0) is 0 Å². The highest BCUT2D eigenvalue weighted by atomic mass is 19.2. The summed E-state index contributed by atoms with van der Waals surface area (Å²) in [6, 6.07) is 3.02. The molecule has 17 heavy (non-hydrogen) atoms. The average molecular weight is 239 g/mol. The van der Waals surface area contributed by atoms with Crippen molar-refractivity contribution in [1.29, 1.82) is 0 Å². The summed E-state index contributed by atoms with van der Waals surface area (Å²) < 4.78 is 27.2. The average Bonchev–Trinajstić information content (AvgIpc) is 2.21. The van der Waals surface area contributed by atoms with Crippen molar-refractivity contribution in [3.63, 3.8) is 0 Å². The van der Waals surface area contributed by atoms with Crippen molar-refractivity contribution >= 4 is 0 Å². The van der Waals surface area contributed by atoms with Gasteiger partial charge >= 0.3 is 0 Å². The molecule has 2 unspecified atom stereocenters. The van der Waals surface area contributed by atoms with E-state index in [1.165, 1.54) is 6.07 Å². The highest BCUT2D eigenvalue weighted by Crippen LogP contribution is 2.41. The number of fused-ring (bicyclic) bond motifs is 1. The van der Waals surface area contributed by atoms with Gasteiger partial charge in [-0.1, -0.05) is 33.8 Å². The highest BCUT2D eigenvalue weighted by molar-refractivity contribution is 5.38. The van der Waals surface area contributed by atoms with Crippen LogP contribution in [0.25, 0.3) is 0 Å². The molecule has 0 amide bonds.